The number of fused-ring (bicyclic) bond motifs is 1. The maximum Gasteiger partial charge on any atom is 0.191 e. The van der Waals surface area contributed by atoms with E-state index in [9.17, 15) is 4.79 Å². The van der Waals surface area contributed by atoms with Crippen LogP contribution in [0.3, 0.4) is 0 Å². The number of aromatic amines is 1. The Morgan fingerprint density at radius 3 is 2.81 bits per heavy atom. The topological polar surface area (TPSA) is 63.6 Å². The van der Waals surface area contributed by atoms with Gasteiger partial charge in [0.1, 0.15) is 0 Å². The SMILES string of the molecule is CCn1c(SCc2cc(=O)c3c(C)cc(C)cc3[nH]2)nnc1-c1cccs1. The molecule has 0 radical (unpaired) electrons. The number of hydrogen-bond donors (Lipinski definition) is 1. The second-order valence-electron chi connectivity index (χ2n) is 6.48. The summed E-state index contributed by atoms with van der Waals surface area (Å²) in [4.78, 5) is 17.1. The highest BCUT2D eigenvalue weighted by molar-refractivity contribution is 7.98. The van der Waals surface area contributed by atoms with E-state index in [2.05, 4.69) is 32.7 Å². The van der Waals surface area contributed by atoms with Gasteiger partial charge in [0.15, 0.2) is 16.4 Å². The van der Waals surface area contributed by atoms with Gasteiger partial charge in [0.05, 0.1) is 10.4 Å². The van der Waals surface area contributed by atoms with Crippen LogP contribution in [-0.2, 0) is 12.3 Å². The summed E-state index contributed by atoms with van der Waals surface area (Å²) >= 11 is 3.25. The first kappa shape index (κ1) is 18.0. The van der Waals surface area contributed by atoms with Crippen LogP contribution in [0.2, 0.25) is 0 Å². The van der Waals surface area contributed by atoms with Crippen molar-refractivity contribution in [2.75, 3.05) is 0 Å². The van der Waals surface area contributed by atoms with Gasteiger partial charge in [-0.2, -0.15) is 0 Å². The maximum absolute atomic E-state index is 12.6. The molecule has 0 bridgehead atoms. The number of hydrogen-bond acceptors (Lipinski definition) is 5. The standard InChI is InChI=1S/C20H20N4OS2/c1-4-24-19(17-6-5-7-26-17)22-23-20(24)27-11-14-10-16(25)18-13(3)8-12(2)9-15(18)21-14/h5-10H,4,11H2,1-3H3,(H,21,25). The van der Waals surface area contributed by atoms with Crippen LogP contribution >= 0.6 is 23.1 Å². The van der Waals surface area contributed by atoms with Crippen molar-refractivity contribution in [3.63, 3.8) is 0 Å². The summed E-state index contributed by atoms with van der Waals surface area (Å²) in [5.74, 6) is 1.54. The number of nitrogens with one attached hydrogen (secondary N) is 1. The zero-order chi connectivity index (χ0) is 19.0. The number of H-pyrrole nitrogens is 1. The first-order valence-electron chi connectivity index (χ1n) is 8.80. The number of nitrogens with zero attached hydrogens (tertiary/aromatic N) is 3. The molecule has 0 saturated carbocycles. The Hall–Kier alpha value is -2.38. The molecule has 1 aromatic carbocycles. The molecule has 3 aromatic heterocycles. The third-order valence-electron chi connectivity index (χ3n) is 4.46. The number of pyridine rings is 1. The molecule has 0 fully saturated rings. The van der Waals surface area contributed by atoms with Crippen molar-refractivity contribution < 1.29 is 0 Å². The average Bonchev–Trinajstić information content (AvgIpc) is 3.27. The summed E-state index contributed by atoms with van der Waals surface area (Å²) in [6, 6.07) is 9.85. The molecule has 27 heavy (non-hydrogen) atoms. The predicted octanol–water partition coefficient (Wildman–Crippen LogP) is 4.78. The lowest BCUT2D eigenvalue weighted by Crippen LogP contribution is -2.07. The number of aromatic nitrogens is 4. The molecule has 0 amide bonds. The summed E-state index contributed by atoms with van der Waals surface area (Å²) in [6.07, 6.45) is 0. The lowest BCUT2D eigenvalue weighted by Gasteiger charge is -2.08. The Kier molecular flexibility index (Phi) is 4.88. The second kappa shape index (κ2) is 7.32. The number of thioether (sulfide) groups is 1. The first-order valence-corrected chi connectivity index (χ1v) is 10.7. The fourth-order valence-corrected chi connectivity index (χ4v) is 4.95. The molecule has 5 nitrogen and oxygen atoms in total. The molecule has 4 rings (SSSR count). The van der Waals surface area contributed by atoms with Gasteiger partial charge in [-0.15, -0.1) is 21.5 Å². The fraction of sp³-hybridized carbons (Fsp3) is 0.250. The molecule has 4 aromatic rings. The van der Waals surface area contributed by atoms with E-state index in [1.165, 1.54) is 0 Å². The molecule has 138 valence electrons. The van der Waals surface area contributed by atoms with Gasteiger partial charge < -0.3 is 9.55 Å². The molecule has 0 spiro atoms. The van der Waals surface area contributed by atoms with E-state index in [-0.39, 0.29) is 5.43 Å². The van der Waals surface area contributed by atoms with Crippen LogP contribution in [0.4, 0.5) is 0 Å². The summed E-state index contributed by atoms with van der Waals surface area (Å²) in [6.45, 7) is 6.92. The third-order valence-corrected chi connectivity index (χ3v) is 6.34. The van der Waals surface area contributed by atoms with E-state index in [0.717, 1.165) is 50.1 Å². The molecule has 0 unspecified atom stereocenters. The molecule has 0 saturated heterocycles. The van der Waals surface area contributed by atoms with Crippen LogP contribution < -0.4 is 5.43 Å². The van der Waals surface area contributed by atoms with Crippen LogP contribution in [-0.4, -0.2) is 19.7 Å². The van der Waals surface area contributed by atoms with Gasteiger partial charge in [0.2, 0.25) is 0 Å². The van der Waals surface area contributed by atoms with Crippen molar-refractivity contribution in [1.82, 2.24) is 19.7 Å². The van der Waals surface area contributed by atoms with Gasteiger partial charge in [0, 0.05) is 29.4 Å². The molecule has 7 heteroatoms. The Morgan fingerprint density at radius 1 is 1.22 bits per heavy atom. The average molecular weight is 397 g/mol. The highest BCUT2D eigenvalue weighted by Gasteiger charge is 2.14. The summed E-state index contributed by atoms with van der Waals surface area (Å²) in [7, 11) is 0. The van der Waals surface area contributed by atoms with Crippen molar-refractivity contribution in [2.24, 2.45) is 0 Å². The monoisotopic (exact) mass is 396 g/mol. The number of rotatable bonds is 5. The Labute approximate surface area is 165 Å². The van der Waals surface area contributed by atoms with Gasteiger partial charge in [-0.05, 0) is 49.4 Å². The lowest BCUT2D eigenvalue weighted by atomic mass is 10.1. The maximum atomic E-state index is 12.6. The van der Waals surface area contributed by atoms with E-state index < -0.39 is 0 Å². The molecule has 0 aliphatic carbocycles. The van der Waals surface area contributed by atoms with Gasteiger partial charge in [-0.1, -0.05) is 23.9 Å². The minimum absolute atomic E-state index is 0.0630. The van der Waals surface area contributed by atoms with Crippen LogP contribution in [0.1, 0.15) is 23.7 Å². The van der Waals surface area contributed by atoms with E-state index >= 15 is 0 Å². The summed E-state index contributed by atoms with van der Waals surface area (Å²) in [5.41, 5.74) is 4.01. The van der Waals surface area contributed by atoms with E-state index in [0.29, 0.717) is 5.75 Å². The molecular weight excluding hydrogens is 376 g/mol. The minimum Gasteiger partial charge on any atom is -0.357 e. The fourth-order valence-electron chi connectivity index (χ4n) is 3.32. The molecule has 0 aliphatic heterocycles. The van der Waals surface area contributed by atoms with Gasteiger partial charge in [0.25, 0.3) is 0 Å². The molecule has 0 aliphatic rings. The van der Waals surface area contributed by atoms with Crippen molar-refractivity contribution in [1.29, 1.82) is 0 Å². The van der Waals surface area contributed by atoms with Crippen LogP contribution in [0.15, 0.2) is 45.7 Å². The number of benzene rings is 1. The van der Waals surface area contributed by atoms with Crippen molar-refractivity contribution in [2.45, 2.75) is 38.2 Å². The Morgan fingerprint density at radius 2 is 2.07 bits per heavy atom. The van der Waals surface area contributed by atoms with Gasteiger partial charge >= 0.3 is 0 Å². The minimum atomic E-state index is 0.0630. The Bertz CT molecular complexity index is 1160. The second-order valence-corrected chi connectivity index (χ2v) is 8.37. The van der Waals surface area contributed by atoms with E-state index in [1.807, 2.05) is 37.4 Å². The highest BCUT2D eigenvalue weighted by Crippen LogP contribution is 2.28. The van der Waals surface area contributed by atoms with Crippen molar-refractivity contribution >= 4 is 34.0 Å². The summed E-state index contributed by atoms with van der Waals surface area (Å²) < 4.78 is 2.12. The zero-order valence-electron chi connectivity index (χ0n) is 15.4. The number of aryl methyl sites for hydroxylation is 2. The normalized spacial score (nSPS) is 11.4. The quantitative estimate of drug-likeness (QED) is 0.493. The van der Waals surface area contributed by atoms with E-state index in [1.54, 1.807) is 29.2 Å². The van der Waals surface area contributed by atoms with Gasteiger partial charge in [-0.25, -0.2) is 0 Å². The highest BCUT2D eigenvalue weighted by atomic mass is 32.2. The summed E-state index contributed by atoms with van der Waals surface area (Å²) in [5, 5.41) is 12.4. The van der Waals surface area contributed by atoms with Crippen LogP contribution in [0.25, 0.3) is 21.6 Å². The predicted molar refractivity (Wildman–Crippen MR) is 113 cm³/mol. The third kappa shape index (κ3) is 3.44. The molecular formula is C20H20N4OS2. The van der Waals surface area contributed by atoms with Gasteiger partial charge in [-0.3, -0.25) is 4.79 Å². The smallest absolute Gasteiger partial charge is 0.191 e. The lowest BCUT2D eigenvalue weighted by molar-refractivity contribution is 0.688. The number of thiophene rings is 1. The largest absolute Gasteiger partial charge is 0.357 e. The van der Waals surface area contributed by atoms with E-state index in [4.69, 9.17) is 0 Å². The Balaban J connectivity index is 1.64. The first-order chi connectivity index (χ1) is 13.1. The molecule has 1 N–H and O–H groups in total. The van der Waals surface area contributed by atoms with Crippen molar-refractivity contribution in [3.05, 3.63) is 62.8 Å². The van der Waals surface area contributed by atoms with Crippen LogP contribution in [0.5, 0.6) is 0 Å². The van der Waals surface area contributed by atoms with Crippen LogP contribution in [0, 0.1) is 13.8 Å². The molecule has 3 heterocycles. The molecule has 0 atom stereocenters. The van der Waals surface area contributed by atoms with Crippen molar-refractivity contribution in [3.8, 4) is 10.7 Å². The zero-order valence-corrected chi connectivity index (χ0v) is 17.1.